The van der Waals surface area contributed by atoms with Gasteiger partial charge in [-0.05, 0) is 30.0 Å². The quantitative estimate of drug-likeness (QED) is 0.585. The maximum atomic E-state index is 12.0. The van der Waals surface area contributed by atoms with Crippen molar-refractivity contribution in [2.24, 2.45) is 5.73 Å². The van der Waals surface area contributed by atoms with Gasteiger partial charge in [0.25, 0.3) is 5.56 Å². The highest BCUT2D eigenvalue weighted by Gasteiger charge is 2.08. The number of likely N-dealkylation sites (N-methyl/N-ethyl adjacent to an activating group) is 1. The monoisotopic (exact) mass is 346 g/mol. The molecule has 0 saturated carbocycles. The Balaban J connectivity index is 2.64. The van der Waals surface area contributed by atoms with Crippen molar-refractivity contribution in [2.45, 2.75) is 6.54 Å². The predicted molar refractivity (Wildman–Crippen MR) is 80.8 cm³/mol. The zero-order chi connectivity index (χ0) is 15.1. The van der Waals surface area contributed by atoms with Gasteiger partial charge in [-0.3, -0.25) is 4.79 Å². The maximum Gasteiger partial charge on any atom is 0.312 e. The van der Waals surface area contributed by atoms with Gasteiger partial charge in [0.2, 0.25) is 0 Å². The smallest absolute Gasteiger partial charge is 0.312 e. The lowest BCUT2D eigenvalue weighted by atomic mass is 10.4. The number of rotatable bonds is 7. The van der Waals surface area contributed by atoms with Gasteiger partial charge >= 0.3 is 6.03 Å². The SMILES string of the molecule is CN(C)CCn1ncc(NCCNC(N)=O)c(Br)c1=O. The second-order valence-corrected chi connectivity index (χ2v) is 5.21. The van der Waals surface area contributed by atoms with Crippen LogP contribution in [0.5, 0.6) is 0 Å². The molecule has 1 aromatic heterocycles. The van der Waals surface area contributed by atoms with E-state index in [0.717, 1.165) is 6.54 Å². The molecule has 20 heavy (non-hydrogen) atoms. The van der Waals surface area contributed by atoms with Gasteiger partial charge in [-0.25, -0.2) is 9.48 Å². The molecule has 0 aliphatic carbocycles. The van der Waals surface area contributed by atoms with Crippen LogP contribution in [0.1, 0.15) is 0 Å². The van der Waals surface area contributed by atoms with Crippen molar-refractivity contribution in [3.63, 3.8) is 0 Å². The van der Waals surface area contributed by atoms with E-state index < -0.39 is 6.03 Å². The lowest BCUT2D eigenvalue weighted by Gasteiger charge is -2.12. The number of urea groups is 1. The fourth-order valence-corrected chi connectivity index (χ4v) is 1.87. The molecule has 0 aromatic carbocycles. The molecule has 8 nitrogen and oxygen atoms in total. The molecular weight excluding hydrogens is 328 g/mol. The Bertz CT molecular complexity index is 516. The topological polar surface area (TPSA) is 105 Å². The molecule has 0 spiro atoms. The lowest BCUT2D eigenvalue weighted by molar-refractivity contribution is 0.249. The van der Waals surface area contributed by atoms with Crippen LogP contribution in [0.4, 0.5) is 10.5 Å². The Labute approximate surface area is 125 Å². The summed E-state index contributed by atoms with van der Waals surface area (Å²) in [5.74, 6) is 0. The van der Waals surface area contributed by atoms with E-state index in [1.54, 1.807) is 6.20 Å². The number of aromatic nitrogens is 2. The van der Waals surface area contributed by atoms with E-state index in [2.05, 4.69) is 31.7 Å². The molecule has 2 amide bonds. The molecule has 0 saturated heterocycles. The van der Waals surface area contributed by atoms with Crippen molar-refractivity contribution in [1.29, 1.82) is 0 Å². The summed E-state index contributed by atoms with van der Waals surface area (Å²) in [5.41, 5.74) is 5.34. The van der Waals surface area contributed by atoms with Gasteiger partial charge in [-0.15, -0.1) is 0 Å². The number of nitrogens with one attached hydrogen (secondary N) is 2. The second kappa shape index (κ2) is 7.85. The highest BCUT2D eigenvalue weighted by Crippen LogP contribution is 2.15. The fraction of sp³-hybridized carbons (Fsp3) is 0.545. The van der Waals surface area contributed by atoms with E-state index in [1.807, 2.05) is 19.0 Å². The van der Waals surface area contributed by atoms with Crippen LogP contribution in [-0.4, -0.2) is 54.4 Å². The van der Waals surface area contributed by atoms with E-state index in [-0.39, 0.29) is 5.56 Å². The molecule has 1 aromatic rings. The molecule has 9 heteroatoms. The van der Waals surface area contributed by atoms with Crippen LogP contribution in [0.3, 0.4) is 0 Å². The number of hydrogen-bond donors (Lipinski definition) is 3. The van der Waals surface area contributed by atoms with Gasteiger partial charge in [0, 0.05) is 19.6 Å². The molecule has 0 fully saturated rings. The van der Waals surface area contributed by atoms with Crippen molar-refractivity contribution < 1.29 is 4.79 Å². The van der Waals surface area contributed by atoms with Gasteiger partial charge in [0.15, 0.2) is 0 Å². The van der Waals surface area contributed by atoms with Gasteiger partial charge in [-0.1, -0.05) is 0 Å². The Kier molecular flexibility index (Phi) is 6.46. The zero-order valence-corrected chi connectivity index (χ0v) is 13.1. The third kappa shape index (κ3) is 5.17. The number of nitrogens with zero attached hydrogens (tertiary/aromatic N) is 3. The van der Waals surface area contributed by atoms with Gasteiger partial charge in [0.05, 0.1) is 18.4 Å². The number of halogens is 1. The molecule has 4 N–H and O–H groups in total. The zero-order valence-electron chi connectivity index (χ0n) is 11.5. The van der Waals surface area contributed by atoms with Crippen molar-refractivity contribution in [3.8, 4) is 0 Å². The van der Waals surface area contributed by atoms with E-state index in [4.69, 9.17) is 5.73 Å². The molecule has 112 valence electrons. The average molecular weight is 347 g/mol. The Morgan fingerprint density at radius 3 is 2.80 bits per heavy atom. The number of hydrogen-bond acceptors (Lipinski definition) is 5. The number of anilines is 1. The van der Waals surface area contributed by atoms with Crippen LogP contribution >= 0.6 is 15.9 Å². The minimum Gasteiger partial charge on any atom is -0.381 e. The average Bonchev–Trinajstić information content (AvgIpc) is 2.37. The molecule has 0 unspecified atom stereocenters. The number of carbonyl (C=O) groups is 1. The molecule has 1 rings (SSSR count). The Morgan fingerprint density at radius 1 is 1.50 bits per heavy atom. The first-order valence-electron chi connectivity index (χ1n) is 6.09. The first-order valence-corrected chi connectivity index (χ1v) is 6.88. The summed E-state index contributed by atoms with van der Waals surface area (Å²) in [6.07, 6.45) is 1.57. The number of carbonyl (C=O) groups excluding carboxylic acids is 1. The summed E-state index contributed by atoms with van der Waals surface area (Å²) < 4.78 is 1.82. The summed E-state index contributed by atoms with van der Waals surface area (Å²) in [6.45, 7) is 2.07. The molecule has 0 atom stereocenters. The van der Waals surface area contributed by atoms with Crippen molar-refractivity contribution in [2.75, 3.05) is 39.0 Å². The van der Waals surface area contributed by atoms with Crippen molar-refractivity contribution >= 4 is 27.6 Å². The normalized spacial score (nSPS) is 10.6. The van der Waals surface area contributed by atoms with Crippen LogP contribution in [-0.2, 0) is 6.54 Å². The first-order chi connectivity index (χ1) is 9.41. The first kappa shape index (κ1) is 16.4. The summed E-state index contributed by atoms with van der Waals surface area (Å²) in [7, 11) is 3.86. The highest BCUT2D eigenvalue weighted by molar-refractivity contribution is 9.10. The van der Waals surface area contributed by atoms with Gasteiger partial charge in [0.1, 0.15) is 4.47 Å². The van der Waals surface area contributed by atoms with E-state index in [9.17, 15) is 9.59 Å². The lowest BCUT2D eigenvalue weighted by Crippen LogP contribution is -2.33. The molecule has 0 radical (unpaired) electrons. The second-order valence-electron chi connectivity index (χ2n) is 4.42. The molecule has 0 aliphatic heterocycles. The molecule has 1 heterocycles. The number of nitrogens with two attached hydrogens (primary N) is 1. The summed E-state index contributed by atoms with van der Waals surface area (Å²) in [6, 6.07) is -0.580. The van der Waals surface area contributed by atoms with Crippen LogP contribution in [0, 0.1) is 0 Å². The van der Waals surface area contributed by atoms with Gasteiger partial charge in [-0.2, -0.15) is 5.10 Å². The summed E-state index contributed by atoms with van der Waals surface area (Å²) in [4.78, 5) is 24.5. The van der Waals surface area contributed by atoms with Crippen LogP contribution in [0.25, 0.3) is 0 Å². The predicted octanol–water partition coefficient (Wildman–Crippen LogP) is -0.352. The van der Waals surface area contributed by atoms with E-state index >= 15 is 0 Å². The van der Waals surface area contributed by atoms with Crippen LogP contribution < -0.4 is 21.9 Å². The highest BCUT2D eigenvalue weighted by atomic mass is 79.9. The van der Waals surface area contributed by atoms with E-state index in [1.165, 1.54) is 4.68 Å². The third-order valence-corrected chi connectivity index (χ3v) is 3.25. The van der Waals surface area contributed by atoms with E-state index in [0.29, 0.717) is 29.8 Å². The van der Waals surface area contributed by atoms with Crippen molar-refractivity contribution in [3.05, 3.63) is 21.0 Å². The minimum atomic E-state index is -0.580. The minimum absolute atomic E-state index is 0.195. The van der Waals surface area contributed by atoms with Crippen LogP contribution in [0.15, 0.2) is 15.5 Å². The third-order valence-electron chi connectivity index (χ3n) is 2.48. The molecule has 0 aliphatic rings. The van der Waals surface area contributed by atoms with Gasteiger partial charge < -0.3 is 21.3 Å². The maximum absolute atomic E-state index is 12.0. The van der Waals surface area contributed by atoms with Crippen molar-refractivity contribution in [1.82, 2.24) is 20.0 Å². The standard InChI is InChI=1S/C11H19BrN6O2/c1-17(2)5-6-18-10(19)9(12)8(7-16-18)14-3-4-15-11(13)20/h7,14H,3-6H2,1-2H3,(H3,13,15,20). The van der Waals surface area contributed by atoms with Crippen LogP contribution in [0.2, 0.25) is 0 Å². The Hall–Kier alpha value is -1.61. The number of amides is 2. The largest absolute Gasteiger partial charge is 0.381 e. The summed E-state index contributed by atoms with van der Waals surface area (Å²) >= 11 is 3.26. The fourth-order valence-electron chi connectivity index (χ4n) is 1.43. The Morgan fingerprint density at radius 2 is 2.20 bits per heavy atom. The summed E-state index contributed by atoms with van der Waals surface area (Å²) in [5, 5.41) is 9.54. The number of primary amides is 1. The molecule has 0 bridgehead atoms. The molecular formula is C11H19BrN6O2.